The van der Waals surface area contributed by atoms with Crippen molar-refractivity contribution in [1.82, 2.24) is 0 Å². The van der Waals surface area contributed by atoms with Crippen LogP contribution in [0.5, 0.6) is 0 Å². The van der Waals surface area contributed by atoms with Crippen molar-refractivity contribution in [2.24, 2.45) is 0 Å². The van der Waals surface area contributed by atoms with Crippen LogP contribution in [-0.4, -0.2) is 29.6 Å². The quantitative estimate of drug-likeness (QED) is 0.633. The van der Waals surface area contributed by atoms with Crippen LogP contribution in [0.15, 0.2) is 23.8 Å². The Morgan fingerprint density at radius 1 is 1.38 bits per heavy atom. The third kappa shape index (κ3) is 3.08. The molecule has 0 bridgehead atoms. The molecule has 0 aromatic rings. The van der Waals surface area contributed by atoms with Crippen LogP contribution in [0.25, 0.3) is 0 Å². The molecule has 0 aromatic carbocycles. The third-order valence-electron chi connectivity index (χ3n) is 2.11. The van der Waals surface area contributed by atoms with Gasteiger partial charge in [0.1, 0.15) is 0 Å². The zero-order chi connectivity index (χ0) is 9.73. The van der Waals surface area contributed by atoms with Gasteiger partial charge in [0.25, 0.3) is 0 Å². The Balaban J connectivity index is 2.32. The molecule has 0 saturated carbocycles. The van der Waals surface area contributed by atoms with Crippen LogP contribution < -0.4 is 0 Å². The fourth-order valence-electron chi connectivity index (χ4n) is 1.02. The van der Waals surface area contributed by atoms with Gasteiger partial charge in [0.05, 0.1) is 6.61 Å². The topological polar surface area (TPSA) is 27.7 Å². The first-order valence-electron chi connectivity index (χ1n) is 4.29. The molecule has 0 N–H and O–H groups in total. The Morgan fingerprint density at radius 2 is 2.08 bits per heavy atom. The largest absolute Gasteiger partial charge is 0.497 e. The average molecular weight is 200 g/mol. The highest BCUT2D eigenvalue weighted by atomic mass is 28.4. The lowest BCUT2D eigenvalue weighted by molar-refractivity contribution is 0.115. The van der Waals surface area contributed by atoms with Crippen LogP contribution >= 0.6 is 0 Å². The molecule has 4 heteroatoms. The number of rotatable bonds is 5. The summed E-state index contributed by atoms with van der Waals surface area (Å²) in [5, 5.41) is 0. The molecule has 0 unspecified atom stereocenters. The van der Waals surface area contributed by atoms with Crippen LogP contribution in [0, 0.1) is 0 Å². The van der Waals surface area contributed by atoms with Crippen LogP contribution in [0.1, 0.15) is 6.42 Å². The summed E-state index contributed by atoms with van der Waals surface area (Å²) in [6.07, 6.45) is 7.20. The SMILES string of the molecule is CO[Si](C)(OC)OCC1=CC=CC1. The second kappa shape index (κ2) is 4.71. The van der Waals surface area contributed by atoms with Crippen LogP contribution in [0.2, 0.25) is 6.55 Å². The number of allylic oxidation sites excluding steroid dienone is 3. The predicted octanol–water partition coefficient (Wildman–Crippen LogP) is 1.75. The molecule has 0 spiro atoms. The van der Waals surface area contributed by atoms with Crippen molar-refractivity contribution < 1.29 is 13.3 Å². The van der Waals surface area contributed by atoms with E-state index in [0.29, 0.717) is 6.61 Å². The minimum absolute atomic E-state index is 0.609. The Labute approximate surface area is 80.4 Å². The Bertz CT molecular complexity index is 219. The molecular formula is C9H16O3Si. The fraction of sp³-hybridized carbons (Fsp3) is 0.556. The summed E-state index contributed by atoms with van der Waals surface area (Å²) in [6, 6.07) is 0. The first-order chi connectivity index (χ1) is 6.20. The molecule has 3 nitrogen and oxygen atoms in total. The normalized spacial score (nSPS) is 16.4. The van der Waals surface area contributed by atoms with Gasteiger partial charge in [0.2, 0.25) is 0 Å². The first-order valence-corrected chi connectivity index (χ1v) is 6.51. The van der Waals surface area contributed by atoms with E-state index in [1.54, 1.807) is 14.2 Å². The highest BCUT2D eigenvalue weighted by Gasteiger charge is 2.31. The van der Waals surface area contributed by atoms with E-state index in [0.717, 1.165) is 6.42 Å². The van der Waals surface area contributed by atoms with Gasteiger partial charge in [-0.25, -0.2) is 0 Å². The van der Waals surface area contributed by atoms with Gasteiger partial charge in [-0.15, -0.1) is 0 Å². The number of hydrogen-bond donors (Lipinski definition) is 0. The molecule has 0 saturated heterocycles. The van der Waals surface area contributed by atoms with Crippen molar-refractivity contribution in [3.05, 3.63) is 23.8 Å². The zero-order valence-electron chi connectivity index (χ0n) is 8.37. The van der Waals surface area contributed by atoms with Crippen molar-refractivity contribution in [2.75, 3.05) is 20.8 Å². The second-order valence-electron chi connectivity index (χ2n) is 3.02. The standard InChI is InChI=1S/C9H16O3Si/c1-10-13(3,11-2)12-8-9-6-4-5-7-9/h4-6H,7-8H2,1-3H3. The highest BCUT2D eigenvalue weighted by Crippen LogP contribution is 2.14. The summed E-state index contributed by atoms with van der Waals surface area (Å²) in [6.45, 7) is 2.49. The molecule has 74 valence electrons. The van der Waals surface area contributed by atoms with Crippen molar-refractivity contribution in [1.29, 1.82) is 0 Å². The Kier molecular flexibility index (Phi) is 3.86. The lowest BCUT2D eigenvalue weighted by atomic mass is 10.3. The van der Waals surface area contributed by atoms with Crippen LogP contribution in [-0.2, 0) is 13.3 Å². The Hall–Kier alpha value is -0.423. The summed E-state index contributed by atoms with van der Waals surface area (Å²) in [5.74, 6) is 0. The van der Waals surface area contributed by atoms with Gasteiger partial charge in [-0.05, 0) is 12.0 Å². The molecule has 0 amide bonds. The van der Waals surface area contributed by atoms with Crippen LogP contribution in [0.3, 0.4) is 0 Å². The van der Waals surface area contributed by atoms with Gasteiger partial charge in [-0.1, -0.05) is 18.2 Å². The van der Waals surface area contributed by atoms with E-state index in [-0.39, 0.29) is 0 Å². The van der Waals surface area contributed by atoms with Gasteiger partial charge in [0, 0.05) is 20.8 Å². The first kappa shape index (κ1) is 10.7. The van der Waals surface area contributed by atoms with Crippen molar-refractivity contribution in [3.8, 4) is 0 Å². The monoisotopic (exact) mass is 200 g/mol. The van der Waals surface area contributed by atoms with Gasteiger partial charge < -0.3 is 13.3 Å². The smallest absolute Gasteiger partial charge is 0.377 e. The highest BCUT2D eigenvalue weighted by molar-refractivity contribution is 6.59. The van der Waals surface area contributed by atoms with E-state index in [2.05, 4.69) is 12.2 Å². The summed E-state index contributed by atoms with van der Waals surface area (Å²) in [4.78, 5) is 0. The average Bonchev–Trinajstić information content (AvgIpc) is 2.67. The third-order valence-corrected chi connectivity index (χ3v) is 4.26. The van der Waals surface area contributed by atoms with Gasteiger partial charge in [-0.3, -0.25) is 0 Å². The van der Waals surface area contributed by atoms with Gasteiger partial charge in [0.15, 0.2) is 0 Å². The maximum absolute atomic E-state index is 5.60. The van der Waals surface area contributed by atoms with E-state index in [4.69, 9.17) is 13.3 Å². The summed E-state index contributed by atoms with van der Waals surface area (Å²) >= 11 is 0. The predicted molar refractivity (Wildman–Crippen MR) is 53.4 cm³/mol. The van der Waals surface area contributed by atoms with Crippen molar-refractivity contribution in [3.63, 3.8) is 0 Å². The van der Waals surface area contributed by atoms with E-state index in [1.165, 1.54) is 5.57 Å². The van der Waals surface area contributed by atoms with E-state index < -0.39 is 8.80 Å². The molecule has 1 aliphatic carbocycles. The van der Waals surface area contributed by atoms with E-state index in [1.807, 2.05) is 12.6 Å². The van der Waals surface area contributed by atoms with Crippen LogP contribution in [0.4, 0.5) is 0 Å². The molecule has 0 aromatic heterocycles. The molecule has 0 aliphatic heterocycles. The molecular weight excluding hydrogens is 184 g/mol. The molecule has 0 heterocycles. The fourth-order valence-corrected chi connectivity index (χ4v) is 1.87. The summed E-state index contributed by atoms with van der Waals surface area (Å²) < 4.78 is 16.0. The van der Waals surface area contributed by atoms with Gasteiger partial charge >= 0.3 is 8.80 Å². The minimum atomic E-state index is -2.33. The number of hydrogen-bond acceptors (Lipinski definition) is 3. The molecule has 13 heavy (non-hydrogen) atoms. The van der Waals surface area contributed by atoms with E-state index in [9.17, 15) is 0 Å². The maximum Gasteiger partial charge on any atom is 0.497 e. The van der Waals surface area contributed by atoms with Gasteiger partial charge in [-0.2, -0.15) is 0 Å². The molecule has 0 atom stereocenters. The zero-order valence-corrected chi connectivity index (χ0v) is 9.37. The second-order valence-corrected chi connectivity index (χ2v) is 5.85. The minimum Gasteiger partial charge on any atom is -0.377 e. The van der Waals surface area contributed by atoms with E-state index >= 15 is 0 Å². The molecule has 1 rings (SSSR count). The van der Waals surface area contributed by atoms with Crippen molar-refractivity contribution in [2.45, 2.75) is 13.0 Å². The molecule has 0 fully saturated rings. The lowest BCUT2D eigenvalue weighted by Crippen LogP contribution is -2.40. The summed E-state index contributed by atoms with van der Waals surface area (Å²) in [7, 11) is 0.911. The molecule has 0 radical (unpaired) electrons. The maximum atomic E-state index is 5.60. The summed E-state index contributed by atoms with van der Waals surface area (Å²) in [5.41, 5.74) is 1.27. The lowest BCUT2D eigenvalue weighted by Gasteiger charge is -2.22. The van der Waals surface area contributed by atoms with Crippen molar-refractivity contribution >= 4 is 8.80 Å². The Morgan fingerprint density at radius 3 is 2.54 bits per heavy atom. The molecule has 1 aliphatic rings.